The summed E-state index contributed by atoms with van der Waals surface area (Å²) in [5.74, 6) is 0. The predicted octanol–water partition coefficient (Wildman–Crippen LogP) is 8.34. The minimum Gasteiger partial charge on any atom is -0.336 e. The summed E-state index contributed by atoms with van der Waals surface area (Å²) in [6.07, 6.45) is 0. The van der Waals surface area contributed by atoms with Gasteiger partial charge in [0, 0.05) is 17.9 Å². The van der Waals surface area contributed by atoms with Crippen molar-refractivity contribution in [1.29, 1.82) is 0 Å². The van der Waals surface area contributed by atoms with E-state index < -0.39 is 0 Å². The molecule has 8 rings (SSSR count). The van der Waals surface area contributed by atoms with E-state index in [-0.39, 0.29) is 5.41 Å². The first-order valence-corrected chi connectivity index (χ1v) is 12.3. The van der Waals surface area contributed by atoms with Gasteiger partial charge in [0.1, 0.15) is 0 Å². The third kappa shape index (κ3) is 2.33. The Morgan fingerprint density at radius 2 is 0.914 bits per heavy atom. The summed E-state index contributed by atoms with van der Waals surface area (Å²) < 4.78 is 0. The summed E-state index contributed by atoms with van der Waals surface area (Å²) >= 11 is 0. The number of nitrogens with zero attached hydrogens (tertiary/aromatic N) is 1. The van der Waals surface area contributed by atoms with Crippen molar-refractivity contribution >= 4 is 32.9 Å². The molecule has 2 aliphatic rings. The van der Waals surface area contributed by atoms with Gasteiger partial charge in [0.2, 0.25) is 0 Å². The lowest BCUT2D eigenvalue weighted by molar-refractivity contribution is 0.737. The molecule has 35 heavy (non-hydrogen) atoms. The molecule has 0 saturated carbocycles. The molecule has 0 amide bonds. The highest BCUT2D eigenvalue weighted by molar-refractivity contribution is 6.17. The van der Waals surface area contributed by atoms with Crippen LogP contribution in [0.2, 0.25) is 0 Å². The second-order valence-corrected chi connectivity index (χ2v) is 9.73. The van der Waals surface area contributed by atoms with Crippen LogP contribution in [-0.4, -0.2) is 0 Å². The zero-order valence-electron chi connectivity index (χ0n) is 19.3. The van der Waals surface area contributed by atoms with E-state index in [1.165, 1.54) is 60.7 Å². The van der Waals surface area contributed by atoms with E-state index in [0.29, 0.717) is 0 Å². The zero-order valence-corrected chi connectivity index (χ0v) is 19.3. The van der Waals surface area contributed by atoms with Crippen LogP contribution < -0.4 is 4.90 Å². The van der Waals surface area contributed by atoms with E-state index in [0.717, 1.165) is 6.54 Å². The molecular formula is C34H23N. The van der Waals surface area contributed by atoms with Crippen molar-refractivity contribution in [3.63, 3.8) is 0 Å². The average molecular weight is 446 g/mol. The van der Waals surface area contributed by atoms with E-state index >= 15 is 0 Å². The van der Waals surface area contributed by atoms with E-state index in [4.69, 9.17) is 0 Å². The summed E-state index contributed by atoms with van der Waals surface area (Å²) in [5.41, 5.74) is 9.10. The Morgan fingerprint density at radius 3 is 1.49 bits per heavy atom. The van der Waals surface area contributed by atoms with Crippen LogP contribution in [-0.2, 0) is 12.0 Å². The number of hydrogen-bond acceptors (Lipinski definition) is 1. The molecule has 0 aromatic heterocycles. The van der Waals surface area contributed by atoms with Gasteiger partial charge in [-0.2, -0.15) is 0 Å². The average Bonchev–Trinajstić information content (AvgIpc) is 3.23. The van der Waals surface area contributed by atoms with Crippen LogP contribution in [0.3, 0.4) is 0 Å². The summed E-state index contributed by atoms with van der Waals surface area (Å²) in [4.78, 5) is 2.51. The van der Waals surface area contributed by atoms with Crippen LogP contribution in [0, 0.1) is 0 Å². The van der Waals surface area contributed by atoms with Gasteiger partial charge in [0.15, 0.2) is 0 Å². The Kier molecular flexibility index (Phi) is 3.71. The normalized spacial score (nSPS) is 14.6. The Hall–Kier alpha value is -4.36. The van der Waals surface area contributed by atoms with Crippen molar-refractivity contribution in [2.24, 2.45) is 0 Å². The number of para-hydroxylation sites is 2. The van der Waals surface area contributed by atoms with Gasteiger partial charge in [-0.15, -0.1) is 0 Å². The molecule has 0 fully saturated rings. The maximum Gasteiger partial charge on any atom is 0.0754 e. The number of rotatable bonds is 2. The smallest absolute Gasteiger partial charge is 0.0754 e. The molecule has 1 heterocycles. The summed E-state index contributed by atoms with van der Waals surface area (Å²) in [6, 6.07) is 47.2. The van der Waals surface area contributed by atoms with Gasteiger partial charge in [-0.1, -0.05) is 115 Å². The molecule has 6 aromatic rings. The topological polar surface area (TPSA) is 3.24 Å². The van der Waals surface area contributed by atoms with Crippen LogP contribution >= 0.6 is 0 Å². The van der Waals surface area contributed by atoms with Crippen LogP contribution in [0.25, 0.3) is 21.5 Å². The van der Waals surface area contributed by atoms with Crippen molar-refractivity contribution < 1.29 is 0 Å². The number of fused-ring (bicyclic) bond motifs is 6. The fraction of sp³-hybridized carbons (Fsp3) is 0.0588. The van der Waals surface area contributed by atoms with E-state index in [9.17, 15) is 0 Å². The van der Waals surface area contributed by atoms with Crippen molar-refractivity contribution in [1.82, 2.24) is 0 Å². The second kappa shape index (κ2) is 6.84. The molecule has 1 nitrogen and oxygen atoms in total. The SMILES string of the molecule is c1ccc(CN2c3ccccc3C3(c4ccccc42)c2cccc4ccc5cccc3c5c24)cc1. The van der Waals surface area contributed by atoms with Crippen molar-refractivity contribution in [3.8, 4) is 0 Å². The molecule has 6 aromatic carbocycles. The molecule has 1 aliphatic carbocycles. The van der Waals surface area contributed by atoms with Gasteiger partial charge in [0.05, 0.1) is 5.41 Å². The second-order valence-electron chi connectivity index (χ2n) is 9.73. The van der Waals surface area contributed by atoms with Gasteiger partial charge in [-0.25, -0.2) is 0 Å². The Balaban J connectivity index is 1.52. The van der Waals surface area contributed by atoms with E-state index in [2.05, 4.69) is 132 Å². The van der Waals surface area contributed by atoms with Crippen LogP contribution in [0.5, 0.6) is 0 Å². The maximum atomic E-state index is 2.51. The van der Waals surface area contributed by atoms with Crippen molar-refractivity contribution in [2.75, 3.05) is 4.90 Å². The highest BCUT2D eigenvalue weighted by atomic mass is 15.2. The Morgan fingerprint density at radius 1 is 0.429 bits per heavy atom. The van der Waals surface area contributed by atoms with Crippen LogP contribution in [0.1, 0.15) is 27.8 Å². The summed E-state index contributed by atoms with van der Waals surface area (Å²) in [6.45, 7) is 0.840. The Labute approximate surface area is 204 Å². The highest BCUT2D eigenvalue weighted by Gasteiger charge is 2.50. The van der Waals surface area contributed by atoms with Gasteiger partial charge in [-0.3, -0.25) is 0 Å². The van der Waals surface area contributed by atoms with E-state index in [1.807, 2.05) is 0 Å². The lowest BCUT2D eigenvalue weighted by Gasteiger charge is -2.45. The minimum absolute atomic E-state index is 0.330. The minimum atomic E-state index is -0.330. The first kappa shape index (κ1) is 19.0. The Bertz CT molecular complexity index is 1670. The van der Waals surface area contributed by atoms with Gasteiger partial charge < -0.3 is 4.90 Å². The monoisotopic (exact) mass is 445 g/mol. The maximum absolute atomic E-state index is 2.51. The molecule has 164 valence electrons. The standard InChI is InChI=1S/C34H23N/c1-2-10-23(11-3-1)22-35-30-18-6-4-14-26(30)34(27-15-5-7-19-31(27)35)28-16-8-12-24-20-21-25-13-9-17-29(34)33(25)32(24)28/h1-21H,22H2. The first-order valence-electron chi connectivity index (χ1n) is 12.3. The molecule has 0 radical (unpaired) electrons. The number of anilines is 2. The molecular weight excluding hydrogens is 422 g/mol. The van der Waals surface area contributed by atoms with Crippen molar-refractivity contribution in [3.05, 3.63) is 155 Å². The molecule has 0 saturated heterocycles. The fourth-order valence-corrected chi connectivity index (χ4v) is 6.77. The highest BCUT2D eigenvalue weighted by Crippen LogP contribution is 2.61. The third-order valence-electron chi connectivity index (χ3n) is 8.08. The zero-order chi connectivity index (χ0) is 23.0. The van der Waals surface area contributed by atoms with Crippen LogP contribution in [0.4, 0.5) is 11.4 Å². The quantitative estimate of drug-likeness (QED) is 0.242. The molecule has 0 unspecified atom stereocenters. The first-order chi connectivity index (χ1) is 17.4. The molecule has 1 spiro atoms. The van der Waals surface area contributed by atoms with Gasteiger partial charge in [-0.05, 0) is 61.5 Å². The van der Waals surface area contributed by atoms with Crippen LogP contribution in [0.15, 0.2) is 127 Å². The summed E-state index contributed by atoms with van der Waals surface area (Å²) in [7, 11) is 0. The number of hydrogen-bond donors (Lipinski definition) is 0. The molecule has 1 aliphatic heterocycles. The van der Waals surface area contributed by atoms with Gasteiger partial charge >= 0.3 is 0 Å². The molecule has 0 bridgehead atoms. The van der Waals surface area contributed by atoms with Crippen molar-refractivity contribution in [2.45, 2.75) is 12.0 Å². The fourth-order valence-electron chi connectivity index (χ4n) is 6.77. The molecule has 1 heteroatoms. The molecule has 0 N–H and O–H groups in total. The van der Waals surface area contributed by atoms with E-state index in [1.54, 1.807) is 0 Å². The largest absolute Gasteiger partial charge is 0.336 e. The summed E-state index contributed by atoms with van der Waals surface area (Å²) in [5, 5.41) is 5.45. The number of benzene rings is 6. The predicted molar refractivity (Wildman–Crippen MR) is 146 cm³/mol. The third-order valence-corrected chi connectivity index (χ3v) is 8.08. The van der Waals surface area contributed by atoms with Gasteiger partial charge in [0.25, 0.3) is 0 Å². The lowest BCUT2D eigenvalue weighted by atomic mass is 9.64. The molecule has 0 atom stereocenters. The lowest BCUT2D eigenvalue weighted by Crippen LogP contribution is -2.37.